The molecule has 0 amide bonds. The molecule has 21 heavy (non-hydrogen) atoms. The van der Waals surface area contributed by atoms with Gasteiger partial charge in [-0.25, -0.2) is 14.6 Å². The van der Waals surface area contributed by atoms with Crippen LogP contribution in [0.5, 0.6) is 0 Å². The minimum absolute atomic E-state index is 0.0238. The van der Waals surface area contributed by atoms with Gasteiger partial charge >= 0.3 is 0 Å². The largest absolute Gasteiger partial charge is 0.329 e. The van der Waals surface area contributed by atoms with Crippen molar-refractivity contribution in [3.8, 4) is 0 Å². The second-order valence-corrected chi connectivity index (χ2v) is 5.56. The van der Waals surface area contributed by atoms with E-state index in [1.807, 2.05) is 29.2 Å². The molecule has 6 nitrogen and oxygen atoms in total. The van der Waals surface area contributed by atoms with E-state index in [1.165, 1.54) is 0 Å². The molecule has 6 heteroatoms. The lowest BCUT2D eigenvalue weighted by Gasteiger charge is -2.15. The molecule has 1 aromatic carbocycles. The van der Waals surface area contributed by atoms with Gasteiger partial charge in [-0.05, 0) is 26.0 Å². The summed E-state index contributed by atoms with van der Waals surface area (Å²) in [6, 6.07) is 8.35. The van der Waals surface area contributed by atoms with Crippen LogP contribution in [0.3, 0.4) is 0 Å². The first-order valence-corrected chi connectivity index (χ1v) is 7.19. The van der Waals surface area contributed by atoms with E-state index in [1.54, 1.807) is 6.33 Å². The summed E-state index contributed by atoms with van der Waals surface area (Å²) in [6.45, 7) is 4.89. The van der Waals surface area contributed by atoms with Crippen LogP contribution in [-0.2, 0) is 13.0 Å². The summed E-state index contributed by atoms with van der Waals surface area (Å²) in [5, 5.41) is 4.25. The number of fused-ring (bicyclic) bond motifs is 1. The summed E-state index contributed by atoms with van der Waals surface area (Å²) in [4.78, 5) is 8.70. The molecule has 0 aliphatic carbocycles. The van der Waals surface area contributed by atoms with Gasteiger partial charge < -0.3 is 10.3 Å². The van der Waals surface area contributed by atoms with E-state index in [9.17, 15) is 0 Å². The molecule has 0 saturated heterocycles. The van der Waals surface area contributed by atoms with Gasteiger partial charge in [0.05, 0.1) is 17.4 Å². The van der Waals surface area contributed by atoms with E-state index in [0.29, 0.717) is 19.0 Å². The Morgan fingerprint density at radius 3 is 2.81 bits per heavy atom. The molecule has 2 aromatic heterocycles. The molecule has 110 valence electrons. The first-order chi connectivity index (χ1) is 10.1. The maximum absolute atomic E-state index is 6.29. The molecule has 0 bridgehead atoms. The molecule has 0 saturated carbocycles. The zero-order valence-electron chi connectivity index (χ0n) is 12.3. The van der Waals surface area contributed by atoms with Gasteiger partial charge in [0.1, 0.15) is 12.2 Å². The van der Waals surface area contributed by atoms with Gasteiger partial charge in [-0.3, -0.25) is 0 Å². The number of benzene rings is 1. The maximum atomic E-state index is 6.29. The lowest BCUT2D eigenvalue weighted by molar-refractivity contribution is 0.474. The van der Waals surface area contributed by atoms with Crippen LogP contribution < -0.4 is 5.73 Å². The second kappa shape index (κ2) is 5.65. The number of para-hydroxylation sites is 2. The first kappa shape index (κ1) is 13.8. The normalized spacial score (nSPS) is 13.1. The van der Waals surface area contributed by atoms with Crippen molar-refractivity contribution in [2.75, 3.05) is 0 Å². The number of nitrogens with two attached hydrogens (primary N) is 1. The van der Waals surface area contributed by atoms with E-state index >= 15 is 0 Å². The first-order valence-electron chi connectivity index (χ1n) is 7.19. The molecule has 1 atom stereocenters. The highest BCUT2D eigenvalue weighted by Gasteiger charge is 2.13. The third-order valence-corrected chi connectivity index (χ3v) is 3.54. The van der Waals surface area contributed by atoms with E-state index in [-0.39, 0.29) is 6.04 Å². The van der Waals surface area contributed by atoms with Crippen molar-refractivity contribution in [3.05, 3.63) is 42.7 Å². The van der Waals surface area contributed by atoms with Gasteiger partial charge in [-0.2, -0.15) is 5.10 Å². The smallest absolute Gasteiger partial charge is 0.138 e. The Labute approximate surface area is 123 Å². The fourth-order valence-electron chi connectivity index (χ4n) is 2.56. The highest BCUT2D eigenvalue weighted by molar-refractivity contribution is 5.74. The Morgan fingerprint density at radius 2 is 2.00 bits per heavy atom. The zero-order chi connectivity index (χ0) is 14.8. The molecule has 1 unspecified atom stereocenters. The van der Waals surface area contributed by atoms with Crippen LogP contribution in [-0.4, -0.2) is 30.4 Å². The van der Waals surface area contributed by atoms with Crippen LogP contribution in [0.15, 0.2) is 36.9 Å². The van der Waals surface area contributed by atoms with Crippen molar-refractivity contribution in [1.29, 1.82) is 0 Å². The molecule has 3 aromatic rings. The number of rotatable bonds is 5. The number of aromatic nitrogens is 5. The van der Waals surface area contributed by atoms with Gasteiger partial charge in [0, 0.05) is 25.0 Å². The summed E-state index contributed by atoms with van der Waals surface area (Å²) in [7, 11) is 0. The van der Waals surface area contributed by atoms with Crippen molar-refractivity contribution in [2.24, 2.45) is 5.73 Å². The summed E-state index contributed by atoms with van der Waals surface area (Å²) in [5.74, 6) is 0.932. The Balaban J connectivity index is 1.74. The van der Waals surface area contributed by atoms with Crippen LogP contribution in [0.4, 0.5) is 0 Å². The van der Waals surface area contributed by atoms with Crippen LogP contribution in [0.1, 0.15) is 25.7 Å². The Hall–Kier alpha value is -2.21. The van der Waals surface area contributed by atoms with Gasteiger partial charge in [0.2, 0.25) is 0 Å². The molecule has 0 fully saturated rings. The lowest BCUT2D eigenvalue weighted by atomic mass is 10.2. The molecule has 0 aliphatic rings. The Morgan fingerprint density at radius 1 is 1.19 bits per heavy atom. The lowest BCUT2D eigenvalue weighted by Crippen LogP contribution is -2.30. The van der Waals surface area contributed by atoms with Crippen molar-refractivity contribution in [2.45, 2.75) is 38.9 Å². The summed E-state index contributed by atoms with van der Waals surface area (Å²) >= 11 is 0. The minimum atomic E-state index is -0.0238. The molecule has 2 heterocycles. The Bertz CT molecular complexity index is 726. The highest BCUT2D eigenvalue weighted by Crippen LogP contribution is 2.13. The van der Waals surface area contributed by atoms with E-state index in [2.05, 4.69) is 39.5 Å². The quantitative estimate of drug-likeness (QED) is 0.775. The summed E-state index contributed by atoms with van der Waals surface area (Å²) < 4.78 is 4.02. The summed E-state index contributed by atoms with van der Waals surface area (Å²) in [6.07, 6.45) is 4.14. The monoisotopic (exact) mass is 284 g/mol. The van der Waals surface area contributed by atoms with Crippen molar-refractivity contribution in [3.63, 3.8) is 0 Å². The Kier molecular flexibility index (Phi) is 3.70. The van der Waals surface area contributed by atoms with Crippen LogP contribution in [0, 0.1) is 0 Å². The highest BCUT2D eigenvalue weighted by atomic mass is 15.3. The van der Waals surface area contributed by atoms with Crippen LogP contribution >= 0.6 is 0 Å². The van der Waals surface area contributed by atoms with Crippen molar-refractivity contribution >= 4 is 11.0 Å². The molecule has 3 rings (SSSR count). The predicted molar refractivity (Wildman–Crippen MR) is 81.8 cm³/mol. The average molecular weight is 284 g/mol. The fraction of sp³-hybridized carbons (Fsp3) is 0.400. The summed E-state index contributed by atoms with van der Waals surface area (Å²) in [5.41, 5.74) is 8.39. The van der Waals surface area contributed by atoms with Crippen molar-refractivity contribution in [1.82, 2.24) is 24.3 Å². The standard InChI is InChI=1S/C15H20N6/c1-11(2)21-15(17-9-19-21)7-12(16)8-20-10-18-13-5-3-4-6-14(13)20/h3-6,9-12H,7-8,16H2,1-2H3. The van der Waals surface area contributed by atoms with Gasteiger partial charge in [0.25, 0.3) is 0 Å². The molecular weight excluding hydrogens is 264 g/mol. The fourth-order valence-corrected chi connectivity index (χ4v) is 2.56. The SMILES string of the molecule is CC(C)n1ncnc1CC(N)Cn1cnc2ccccc21. The van der Waals surface area contributed by atoms with Gasteiger partial charge in [0.15, 0.2) is 0 Å². The molecule has 0 spiro atoms. The van der Waals surface area contributed by atoms with E-state index in [0.717, 1.165) is 16.9 Å². The minimum Gasteiger partial charge on any atom is -0.329 e. The number of imidazole rings is 1. The number of nitrogens with zero attached hydrogens (tertiary/aromatic N) is 5. The van der Waals surface area contributed by atoms with Gasteiger partial charge in [-0.1, -0.05) is 12.1 Å². The topological polar surface area (TPSA) is 74.6 Å². The second-order valence-electron chi connectivity index (χ2n) is 5.56. The third-order valence-electron chi connectivity index (χ3n) is 3.54. The maximum Gasteiger partial charge on any atom is 0.138 e. The molecular formula is C15H20N6. The van der Waals surface area contributed by atoms with Gasteiger partial charge in [-0.15, -0.1) is 0 Å². The van der Waals surface area contributed by atoms with Crippen LogP contribution in [0.2, 0.25) is 0 Å². The van der Waals surface area contributed by atoms with E-state index < -0.39 is 0 Å². The third kappa shape index (κ3) is 2.80. The average Bonchev–Trinajstić information content (AvgIpc) is 3.06. The van der Waals surface area contributed by atoms with Crippen LogP contribution in [0.25, 0.3) is 11.0 Å². The molecule has 0 aliphatic heterocycles. The predicted octanol–water partition coefficient (Wildman–Crippen LogP) is 1.78. The zero-order valence-corrected chi connectivity index (χ0v) is 12.3. The number of hydrogen-bond donors (Lipinski definition) is 1. The van der Waals surface area contributed by atoms with Crippen molar-refractivity contribution < 1.29 is 0 Å². The van der Waals surface area contributed by atoms with E-state index in [4.69, 9.17) is 5.73 Å². The number of hydrogen-bond acceptors (Lipinski definition) is 4. The molecule has 0 radical (unpaired) electrons. The molecule has 2 N–H and O–H groups in total.